The van der Waals surface area contributed by atoms with E-state index in [2.05, 4.69) is 15.5 Å². The summed E-state index contributed by atoms with van der Waals surface area (Å²) < 4.78 is 5.21. The lowest BCUT2D eigenvalue weighted by molar-refractivity contribution is -0.143. The standard InChI is InChI=1S/C14H21N3O3/c18-14(19)11-3-1-9(2-4-11)7-15-8-12-16-13(20-17-12)10-5-6-10/h9-11,15H,1-8H2,(H,18,19). The number of rotatable bonds is 6. The maximum absolute atomic E-state index is 10.9. The molecule has 0 radical (unpaired) electrons. The lowest BCUT2D eigenvalue weighted by atomic mass is 9.82. The van der Waals surface area contributed by atoms with Gasteiger partial charge in [-0.15, -0.1) is 0 Å². The van der Waals surface area contributed by atoms with Crippen LogP contribution in [-0.4, -0.2) is 27.8 Å². The molecule has 6 nitrogen and oxygen atoms in total. The van der Waals surface area contributed by atoms with Crippen molar-refractivity contribution in [2.24, 2.45) is 11.8 Å². The number of nitrogens with one attached hydrogen (secondary N) is 1. The van der Waals surface area contributed by atoms with Crippen molar-refractivity contribution in [1.29, 1.82) is 0 Å². The normalized spacial score (nSPS) is 26.6. The zero-order valence-electron chi connectivity index (χ0n) is 11.5. The zero-order valence-corrected chi connectivity index (χ0v) is 11.5. The van der Waals surface area contributed by atoms with E-state index >= 15 is 0 Å². The van der Waals surface area contributed by atoms with Gasteiger partial charge in [0.05, 0.1) is 12.5 Å². The monoisotopic (exact) mass is 279 g/mol. The fourth-order valence-electron chi connectivity index (χ4n) is 2.84. The van der Waals surface area contributed by atoms with Crippen molar-refractivity contribution in [2.75, 3.05) is 6.54 Å². The first-order valence-corrected chi connectivity index (χ1v) is 7.48. The molecule has 2 N–H and O–H groups in total. The Balaban J connectivity index is 1.36. The Morgan fingerprint density at radius 3 is 2.65 bits per heavy atom. The van der Waals surface area contributed by atoms with E-state index in [-0.39, 0.29) is 5.92 Å². The van der Waals surface area contributed by atoms with Crippen molar-refractivity contribution in [1.82, 2.24) is 15.5 Å². The average molecular weight is 279 g/mol. The van der Waals surface area contributed by atoms with Crippen LogP contribution in [-0.2, 0) is 11.3 Å². The number of carboxylic acid groups (broad SMARTS) is 1. The highest BCUT2D eigenvalue weighted by atomic mass is 16.5. The van der Waals surface area contributed by atoms with E-state index in [4.69, 9.17) is 9.63 Å². The molecule has 1 aromatic rings. The van der Waals surface area contributed by atoms with Crippen LogP contribution in [0.15, 0.2) is 4.52 Å². The van der Waals surface area contributed by atoms with Gasteiger partial charge in [-0.1, -0.05) is 5.16 Å². The second-order valence-corrected chi connectivity index (χ2v) is 6.01. The molecule has 0 aliphatic heterocycles. The second-order valence-electron chi connectivity index (χ2n) is 6.01. The van der Waals surface area contributed by atoms with Gasteiger partial charge in [0, 0.05) is 5.92 Å². The zero-order chi connectivity index (χ0) is 13.9. The summed E-state index contributed by atoms with van der Waals surface area (Å²) in [5, 5.41) is 16.3. The Morgan fingerprint density at radius 2 is 2.00 bits per heavy atom. The highest BCUT2D eigenvalue weighted by Crippen LogP contribution is 2.38. The number of aromatic nitrogens is 2. The smallest absolute Gasteiger partial charge is 0.306 e. The average Bonchev–Trinajstić information content (AvgIpc) is 3.20. The molecule has 3 rings (SSSR count). The van der Waals surface area contributed by atoms with E-state index < -0.39 is 5.97 Å². The molecule has 2 fully saturated rings. The maximum atomic E-state index is 10.9. The van der Waals surface area contributed by atoms with Crippen molar-refractivity contribution in [3.63, 3.8) is 0 Å². The molecule has 0 spiro atoms. The van der Waals surface area contributed by atoms with E-state index in [0.717, 1.165) is 43.9 Å². The van der Waals surface area contributed by atoms with Crippen LogP contribution in [0.4, 0.5) is 0 Å². The summed E-state index contributed by atoms with van der Waals surface area (Å²) in [4.78, 5) is 15.3. The summed E-state index contributed by atoms with van der Waals surface area (Å²) in [6.07, 6.45) is 5.92. The summed E-state index contributed by atoms with van der Waals surface area (Å²) in [6, 6.07) is 0. The summed E-state index contributed by atoms with van der Waals surface area (Å²) in [7, 11) is 0. The molecular formula is C14H21N3O3. The van der Waals surface area contributed by atoms with E-state index in [9.17, 15) is 4.79 Å². The molecule has 1 heterocycles. The molecule has 20 heavy (non-hydrogen) atoms. The molecule has 1 aromatic heterocycles. The highest BCUT2D eigenvalue weighted by Gasteiger charge is 2.29. The van der Waals surface area contributed by atoms with Gasteiger partial charge in [0.2, 0.25) is 5.89 Å². The van der Waals surface area contributed by atoms with E-state index in [1.165, 1.54) is 12.8 Å². The van der Waals surface area contributed by atoms with Crippen LogP contribution in [0.1, 0.15) is 56.2 Å². The Kier molecular flexibility index (Phi) is 4.00. The van der Waals surface area contributed by atoms with Gasteiger partial charge in [-0.25, -0.2) is 0 Å². The summed E-state index contributed by atoms with van der Waals surface area (Å²) in [5.74, 6) is 1.80. The fraction of sp³-hybridized carbons (Fsp3) is 0.786. The Labute approximate surface area is 117 Å². The number of carbonyl (C=O) groups is 1. The lowest BCUT2D eigenvalue weighted by Crippen LogP contribution is -2.28. The van der Waals surface area contributed by atoms with Gasteiger partial charge >= 0.3 is 5.97 Å². The van der Waals surface area contributed by atoms with Crippen molar-refractivity contribution >= 4 is 5.97 Å². The van der Waals surface area contributed by atoms with Gasteiger partial charge in [0.15, 0.2) is 5.82 Å². The number of carboxylic acids is 1. The molecule has 0 bridgehead atoms. The molecule has 2 saturated carbocycles. The summed E-state index contributed by atoms with van der Waals surface area (Å²) >= 11 is 0. The summed E-state index contributed by atoms with van der Waals surface area (Å²) in [5.41, 5.74) is 0. The van der Waals surface area contributed by atoms with E-state index in [0.29, 0.717) is 18.4 Å². The number of hydrogen-bond acceptors (Lipinski definition) is 5. The molecule has 6 heteroatoms. The van der Waals surface area contributed by atoms with Crippen LogP contribution < -0.4 is 5.32 Å². The minimum absolute atomic E-state index is 0.135. The maximum Gasteiger partial charge on any atom is 0.306 e. The third-order valence-corrected chi connectivity index (χ3v) is 4.32. The van der Waals surface area contributed by atoms with Gasteiger partial charge in [-0.2, -0.15) is 4.98 Å². The first-order valence-electron chi connectivity index (χ1n) is 7.48. The number of nitrogens with zero attached hydrogens (tertiary/aromatic N) is 2. The van der Waals surface area contributed by atoms with Crippen LogP contribution in [0.2, 0.25) is 0 Å². The van der Waals surface area contributed by atoms with E-state index in [1.807, 2.05) is 0 Å². The molecule has 0 atom stereocenters. The third-order valence-electron chi connectivity index (χ3n) is 4.32. The van der Waals surface area contributed by atoms with Gasteiger partial charge in [0.25, 0.3) is 0 Å². The molecular weight excluding hydrogens is 258 g/mol. The topological polar surface area (TPSA) is 88.2 Å². The SMILES string of the molecule is O=C(O)C1CCC(CNCc2noc(C3CC3)n2)CC1. The number of aliphatic carboxylic acids is 1. The predicted octanol–water partition coefficient (Wildman–Crippen LogP) is 1.93. The molecule has 0 aromatic carbocycles. The lowest BCUT2D eigenvalue weighted by Gasteiger charge is -2.26. The van der Waals surface area contributed by atoms with Crippen molar-refractivity contribution < 1.29 is 14.4 Å². The van der Waals surface area contributed by atoms with E-state index in [1.54, 1.807) is 0 Å². The third kappa shape index (κ3) is 3.36. The molecule has 0 amide bonds. The highest BCUT2D eigenvalue weighted by molar-refractivity contribution is 5.69. The summed E-state index contributed by atoms with van der Waals surface area (Å²) in [6.45, 7) is 1.54. The quantitative estimate of drug-likeness (QED) is 0.827. The van der Waals surface area contributed by atoms with Gasteiger partial charge in [-0.3, -0.25) is 4.79 Å². The minimum Gasteiger partial charge on any atom is -0.481 e. The van der Waals surface area contributed by atoms with Crippen LogP contribution in [0.25, 0.3) is 0 Å². The van der Waals surface area contributed by atoms with Crippen LogP contribution in [0.3, 0.4) is 0 Å². The van der Waals surface area contributed by atoms with Crippen molar-refractivity contribution in [3.05, 3.63) is 11.7 Å². The molecule has 0 unspecified atom stereocenters. The molecule has 110 valence electrons. The van der Waals surface area contributed by atoms with Crippen molar-refractivity contribution in [2.45, 2.75) is 51.0 Å². The Morgan fingerprint density at radius 1 is 1.25 bits per heavy atom. The van der Waals surface area contributed by atoms with Crippen LogP contribution in [0, 0.1) is 11.8 Å². The Hall–Kier alpha value is -1.43. The molecule has 2 aliphatic carbocycles. The fourth-order valence-corrected chi connectivity index (χ4v) is 2.84. The van der Waals surface area contributed by atoms with Gasteiger partial charge in [-0.05, 0) is 51.0 Å². The predicted molar refractivity (Wildman–Crippen MR) is 71.1 cm³/mol. The largest absolute Gasteiger partial charge is 0.481 e. The number of hydrogen-bond donors (Lipinski definition) is 2. The van der Waals surface area contributed by atoms with Crippen LogP contribution in [0.5, 0.6) is 0 Å². The van der Waals surface area contributed by atoms with Crippen LogP contribution >= 0.6 is 0 Å². The Bertz CT molecular complexity index is 462. The van der Waals surface area contributed by atoms with Gasteiger partial charge in [0.1, 0.15) is 0 Å². The molecule has 0 saturated heterocycles. The first-order chi connectivity index (χ1) is 9.72. The molecule has 2 aliphatic rings. The first kappa shape index (κ1) is 13.5. The minimum atomic E-state index is -0.643. The van der Waals surface area contributed by atoms with Crippen molar-refractivity contribution in [3.8, 4) is 0 Å². The second kappa shape index (κ2) is 5.91. The van der Waals surface area contributed by atoms with Gasteiger partial charge < -0.3 is 14.9 Å².